The van der Waals surface area contributed by atoms with Crippen LogP contribution < -0.4 is 5.73 Å². The molecule has 2 unspecified atom stereocenters. The first-order valence-corrected chi connectivity index (χ1v) is 6.03. The maximum atomic E-state index is 11.7. The van der Waals surface area contributed by atoms with E-state index >= 15 is 0 Å². The van der Waals surface area contributed by atoms with E-state index in [4.69, 9.17) is 5.73 Å². The molecule has 4 heteroatoms. The van der Waals surface area contributed by atoms with Gasteiger partial charge < -0.3 is 10.6 Å². The minimum atomic E-state index is -0.284. The number of nitrogens with two attached hydrogens (primary N) is 1. The number of carbonyl (C=O) groups is 1. The fourth-order valence-corrected chi connectivity index (χ4v) is 2.88. The van der Waals surface area contributed by atoms with E-state index in [1.165, 1.54) is 9.75 Å². The van der Waals surface area contributed by atoms with Crippen molar-refractivity contribution in [3.63, 3.8) is 0 Å². The highest BCUT2D eigenvalue weighted by Gasteiger charge is 2.32. The molecule has 0 radical (unpaired) electrons. The Kier molecular flexibility index (Phi) is 2.80. The van der Waals surface area contributed by atoms with Crippen molar-refractivity contribution < 1.29 is 4.79 Å². The fraction of sp³-hybridized carbons (Fsp3) is 0.545. The van der Waals surface area contributed by atoms with Crippen LogP contribution in [0.5, 0.6) is 0 Å². The van der Waals surface area contributed by atoms with Gasteiger partial charge in [0.1, 0.15) is 0 Å². The largest absolute Gasteiger partial charge is 0.334 e. The first-order chi connectivity index (χ1) is 7.09. The lowest BCUT2D eigenvalue weighted by Gasteiger charge is -2.23. The molecule has 0 aliphatic carbocycles. The number of likely N-dealkylation sites (tertiary alicyclic amines) is 1. The lowest BCUT2D eigenvalue weighted by atomic mass is 10.2. The average Bonchev–Trinajstić information content (AvgIpc) is 2.75. The van der Waals surface area contributed by atoms with Crippen LogP contribution in [0.2, 0.25) is 0 Å². The van der Waals surface area contributed by atoms with Gasteiger partial charge in [0.05, 0.1) is 12.1 Å². The van der Waals surface area contributed by atoms with Crippen molar-refractivity contribution in [1.82, 2.24) is 4.90 Å². The Balaban J connectivity index is 2.15. The van der Waals surface area contributed by atoms with Gasteiger partial charge in [-0.05, 0) is 32.4 Å². The summed E-state index contributed by atoms with van der Waals surface area (Å²) in [7, 11) is 0. The van der Waals surface area contributed by atoms with Gasteiger partial charge >= 0.3 is 0 Å². The number of thiophene rings is 1. The third kappa shape index (κ3) is 1.92. The lowest BCUT2D eigenvalue weighted by Crippen LogP contribution is -2.35. The molecular weight excluding hydrogens is 208 g/mol. The molecule has 82 valence electrons. The summed E-state index contributed by atoms with van der Waals surface area (Å²) in [4.78, 5) is 16.1. The number of nitrogens with zero attached hydrogens (tertiary/aromatic N) is 1. The Morgan fingerprint density at radius 1 is 1.60 bits per heavy atom. The van der Waals surface area contributed by atoms with E-state index in [2.05, 4.69) is 26.0 Å². The second-order valence-corrected chi connectivity index (χ2v) is 5.37. The molecule has 1 amide bonds. The van der Waals surface area contributed by atoms with Crippen LogP contribution >= 0.6 is 11.3 Å². The molecule has 15 heavy (non-hydrogen) atoms. The van der Waals surface area contributed by atoms with Gasteiger partial charge in [-0.25, -0.2) is 0 Å². The molecule has 2 rings (SSSR count). The highest BCUT2D eigenvalue weighted by atomic mass is 32.1. The van der Waals surface area contributed by atoms with E-state index in [9.17, 15) is 4.79 Å². The topological polar surface area (TPSA) is 46.3 Å². The Hall–Kier alpha value is -0.870. The molecule has 1 aromatic heterocycles. The number of rotatable bonds is 2. The van der Waals surface area contributed by atoms with Crippen molar-refractivity contribution >= 4 is 17.2 Å². The van der Waals surface area contributed by atoms with Crippen LogP contribution in [0.15, 0.2) is 12.1 Å². The van der Waals surface area contributed by atoms with Gasteiger partial charge in [0.2, 0.25) is 5.91 Å². The van der Waals surface area contributed by atoms with Crippen LogP contribution in [0, 0.1) is 6.92 Å². The molecule has 1 aliphatic heterocycles. The van der Waals surface area contributed by atoms with Gasteiger partial charge in [-0.3, -0.25) is 4.79 Å². The van der Waals surface area contributed by atoms with Gasteiger partial charge in [-0.1, -0.05) is 0 Å². The summed E-state index contributed by atoms with van der Waals surface area (Å²) in [6, 6.07) is 4.08. The van der Waals surface area contributed by atoms with E-state index < -0.39 is 0 Å². The molecular formula is C11H16N2OS. The third-order valence-electron chi connectivity index (χ3n) is 2.92. The molecule has 2 N–H and O–H groups in total. The second kappa shape index (κ2) is 3.94. The minimum absolute atomic E-state index is 0.0913. The first-order valence-electron chi connectivity index (χ1n) is 5.22. The predicted molar refractivity (Wildman–Crippen MR) is 61.8 cm³/mol. The van der Waals surface area contributed by atoms with E-state index in [1.54, 1.807) is 11.3 Å². The standard InChI is InChI=1S/C11H16N2OS/c1-7-3-4-10(15-7)8(2)13-6-5-9(12)11(13)14/h3-4,8-9H,5-6,12H2,1-2H3. The fourth-order valence-electron chi connectivity index (χ4n) is 1.94. The smallest absolute Gasteiger partial charge is 0.240 e. The highest BCUT2D eigenvalue weighted by Crippen LogP contribution is 2.29. The van der Waals surface area contributed by atoms with Crippen LogP contribution in [0.1, 0.15) is 29.1 Å². The number of carbonyl (C=O) groups excluding carboxylic acids is 1. The summed E-state index contributed by atoms with van der Waals surface area (Å²) in [6.45, 7) is 4.94. The number of hydrogen-bond donors (Lipinski definition) is 1. The third-order valence-corrected chi connectivity index (χ3v) is 4.09. The van der Waals surface area contributed by atoms with Crippen LogP contribution in [-0.2, 0) is 4.79 Å². The second-order valence-electron chi connectivity index (χ2n) is 4.05. The molecule has 2 heterocycles. The maximum Gasteiger partial charge on any atom is 0.240 e. The van der Waals surface area contributed by atoms with E-state index in [-0.39, 0.29) is 18.0 Å². The van der Waals surface area contributed by atoms with Gasteiger partial charge in [-0.15, -0.1) is 11.3 Å². The molecule has 0 aromatic carbocycles. The molecule has 2 atom stereocenters. The Morgan fingerprint density at radius 2 is 2.33 bits per heavy atom. The number of hydrogen-bond acceptors (Lipinski definition) is 3. The summed E-state index contributed by atoms with van der Waals surface area (Å²) >= 11 is 1.75. The van der Waals surface area contributed by atoms with E-state index in [0.29, 0.717) is 0 Å². The maximum absolute atomic E-state index is 11.7. The van der Waals surface area contributed by atoms with Crippen LogP contribution in [0.4, 0.5) is 0 Å². The highest BCUT2D eigenvalue weighted by molar-refractivity contribution is 7.12. The van der Waals surface area contributed by atoms with Crippen molar-refractivity contribution in [2.45, 2.75) is 32.4 Å². The van der Waals surface area contributed by atoms with Crippen molar-refractivity contribution in [3.05, 3.63) is 21.9 Å². The first kappa shape index (κ1) is 10.6. The monoisotopic (exact) mass is 224 g/mol. The summed E-state index contributed by atoms with van der Waals surface area (Å²) in [5.41, 5.74) is 5.70. The molecule has 1 saturated heterocycles. The molecule has 0 spiro atoms. The van der Waals surface area contributed by atoms with Gasteiger partial charge in [0.15, 0.2) is 0 Å². The SMILES string of the molecule is Cc1ccc(C(C)N2CCC(N)C2=O)s1. The van der Waals surface area contributed by atoms with Crippen molar-refractivity contribution in [2.75, 3.05) is 6.54 Å². The van der Waals surface area contributed by atoms with E-state index in [0.717, 1.165) is 13.0 Å². The molecule has 3 nitrogen and oxygen atoms in total. The summed E-state index contributed by atoms with van der Waals surface area (Å²) in [6.07, 6.45) is 0.785. The number of aryl methyl sites for hydroxylation is 1. The van der Waals surface area contributed by atoms with Gasteiger partial charge in [0, 0.05) is 16.3 Å². The van der Waals surface area contributed by atoms with Crippen LogP contribution in [0.3, 0.4) is 0 Å². The molecule has 1 aliphatic rings. The molecule has 0 bridgehead atoms. The van der Waals surface area contributed by atoms with Crippen LogP contribution in [-0.4, -0.2) is 23.4 Å². The summed E-state index contributed by atoms with van der Waals surface area (Å²) < 4.78 is 0. The Labute approximate surface area is 93.9 Å². The van der Waals surface area contributed by atoms with Gasteiger partial charge in [0.25, 0.3) is 0 Å². The Bertz CT molecular complexity index is 374. The molecule has 1 aromatic rings. The van der Waals surface area contributed by atoms with E-state index in [1.807, 2.05) is 4.90 Å². The molecule has 0 saturated carbocycles. The van der Waals surface area contributed by atoms with Gasteiger partial charge in [-0.2, -0.15) is 0 Å². The normalized spacial score (nSPS) is 23.5. The zero-order valence-corrected chi connectivity index (χ0v) is 9.88. The Morgan fingerprint density at radius 3 is 2.80 bits per heavy atom. The minimum Gasteiger partial charge on any atom is -0.334 e. The summed E-state index contributed by atoms with van der Waals surface area (Å²) in [5.74, 6) is 0.0913. The van der Waals surface area contributed by atoms with Crippen molar-refractivity contribution in [2.24, 2.45) is 5.73 Å². The molecule has 1 fully saturated rings. The predicted octanol–water partition coefficient (Wildman–Crippen LogP) is 1.68. The summed E-state index contributed by atoms with van der Waals surface area (Å²) in [5, 5.41) is 0. The average molecular weight is 224 g/mol. The zero-order chi connectivity index (χ0) is 11.0. The number of amides is 1. The quantitative estimate of drug-likeness (QED) is 0.830. The van der Waals surface area contributed by atoms with Crippen molar-refractivity contribution in [1.29, 1.82) is 0 Å². The lowest BCUT2D eigenvalue weighted by molar-refractivity contribution is -0.130. The van der Waals surface area contributed by atoms with Crippen molar-refractivity contribution in [3.8, 4) is 0 Å². The van der Waals surface area contributed by atoms with Crippen LogP contribution in [0.25, 0.3) is 0 Å². The zero-order valence-electron chi connectivity index (χ0n) is 9.06.